The highest BCUT2D eigenvalue weighted by Crippen LogP contribution is 2.38. The molecule has 0 saturated heterocycles. The second kappa shape index (κ2) is 2.80. The van der Waals surface area contributed by atoms with Gasteiger partial charge in [0, 0.05) is 12.0 Å². The van der Waals surface area contributed by atoms with Crippen LogP contribution in [0.5, 0.6) is 0 Å². The Balaban J connectivity index is 2.45. The summed E-state index contributed by atoms with van der Waals surface area (Å²) < 4.78 is 30.5. The predicted octanol–water partition coefficient (Wildman–Crippen LogP) is 2.04. The zero-order valence-corrected chi connectivity index (χ0v) is 7.09. The molecule has 1 aromatic rings. The molecule has 0 radical (unpaired) electrons. The molecular weight excluding hydrogens is 176 g/mol. The molecule has 0 aliphatic heterocycles. The highest BCUT2D eigenvalue weighted by molar-refractivity contribution is 5.29. The van der Waals surface area contributed by atoms with Gasteiger partial charge in [0.25, 0.3) is 6.43 Å². The number of aryl methyl sites for hydroxylation is 1. The van der Waals surface area contributed by atoms with Crippen molar-refractivity contribution in [3.63, 3.8) is 0 Å². The minimum absolute atomic E-state index is 0.331. The van der Waals surface area contributed by atoms with E-state index in [1.807, 2.05) is 0 Å². The first kappa shape index (κ1) is 8.69. The van der Waals surface area contributed by atoms with Crippen molar-refractivity contribution in [1.29, 1.82) is 0 Å². The number of hydrogen-bond donors (Lipinski definition) is 1. The van der Waals surface area contributed by atoms with Gasteiger partial charge in [0.05, 0.1) is 6.26 Å². The van der Waals surface area contributed by atoms with Crippen LogP contribution in [0, 0.1) is 0 Å². The van der Waals surface area contributed by atoms with Crippen molar-refractivity contribution in [3.05, 3.63) is 23.7 Å². The first-order valence-corrected chi connectivity index (χ1v) is 4.28. The average molecular weight is 187 g/mol. The van der Waals surface area contributed by atoms with Gasteiger partial charge in [-0.05, 0) is 18.9 Å². The molecule has 2 rings (SSSR count). The minimum atomic E-state index is -2.52. The summed E-state index contributed by atoms with van der Waals surface area (Å²) in [6, 6.07) is 1.56. The van der Waals surface area contributed by atoms with E-state index < -0.39 is 12.0 Å². The van der Waals surface area contributed by atoms with Crippen LogP contribution in [-0.4, -0.2) is 6.43 Å². The summed E-state index contributed by atoms with van der Waals surface area (Å²) in [6.45, 7) is 0. The van der Waals surface area contributed by atoms with Crippen molar-refractivity contribution in [1.82, 2.24) is 0 Å². The zero-order chi connectivity index (χ0) is 9.47. The molecule has 1 aliphatic carbocycles. The Labute approximate surface area is 74.7 Å². The number of hydrogen-bond acceptors (Lipinski definition) is 2. The maximum atomic E-state index is 12.7. The smallest absolute Gasteiger partial charge is 0.260 e. The lowest BCUT2D eigenvalue weighted by Gasteiger charge is -2.31. The van der Waals surface area contributed by atoms with E-state index in [0.717, 1.165) is 0 Å². The fraction of sp³-hybridized carbons (Fsp3) is 0.556. The second-order valence-electron chi connectivity index (χ2n) is 3.45. The minimum Gasteiger partial charge on any atom is -0.469 e. The van der Waals surface area contributed by atoms with Crippen LogP contribution < -0.4 is 5.73 Å². The van der Waals surface area contributed by atoms with E-state index in [0.29, 0.717) is 30.6 Å². The largest absolute Gasteiger partial charge is 0.469 e. The monoisotopic (exact) mass is 187 g/mol. The molecule has 0 amide bonds. The zero-order valence-electron chi connectivity index (χ0n) is 7.09. The van der Waals surface area contributed by atoms with Crippen molar-refractivity contribution >= 4 is 0 Å². The molecule has 13 heavy (non-hydrogen) atoms. The van der Waals surface area contributed by atoms with Gasteiger partial charge >= 0.3 is 0 Å². The fourth-order valence-corrected chi connectivity index (χ4v) is 1.85. The van der Waals surface area contributed by atoms with Crippen LogP contribution in [0.4, 0.5) is 8.78 Å². The molecule has 4 heteroatoms. The summed E-state index contributed by atoms with van der Waals surface area (Å²) in [4.78, 5) is 0. The summed E-state index contributed by atoms with van der Waals surface area (Å²) in [5.74, 6) is 0.619. The van der Waals surface area contributed by atoms with Gasteiger partial charge in [0.2, 0.25) is 0 Å². The molecule has 72 valence electrons. The Morgan fingerprint density at radius 3 is 3.00 bits per heavy atom. The molecule has 1 aliphatic rings. The fourth-order valence-electron chi connectivity index (χ4n) is 1.85. The standard InChI is InChI=1S/C9H11F2NO/c10-8(11)9(12)4-1-2-7-6(9)3-5-13-7/h3,5,8H,1-2,4,12H2. The van der Waals surface area contributed by atoms with E-state index in [1.165, 1.54) is 6.26 Å². The van der Waals surface area contributed by atoms with Gasteiger partial charge in [0.15, 0.2) is 0 Å². The third-order valence-electron chi connectivity index (χ3n) is 2.63. The highest BCUT2D eigenvalue weighted by Gasteiger charge is 2.42. The van der Waals surface area contributed by atoms with Crippen LogP contribution in [0.1, 0.15) is 24.2 Å². The van der Waals surface area contributed by atoms with Crippen LogP contribution in [0.15, 0.2) is 16.7 Å². The Bertz CT molecular complexity index is 310. The quantitative estimate of drug-likeness (QED) is 0.730. The van der Waals surface area contributed by atoms with Gasteiger partial charge in [-0.25, -0.2) is 8.78 Å². The van der Waals surface area contributed by atoms with Crippen molar-refractivity contribution in [2.75, 3.05) is 0 Å². The van der Waals surface area contributed by atoms with Gasteiger partial charge < -0.3 is 10.2 Å². The molecule has 1 unspecified atom stereocenters. The summed E-state index contributed by atoms with van der Waals surface area (Å²) in [7, 11) is 0. The molecule has 1 atom stereocenters. The molecular formula is C9H11F2NO. The van der Waals surface area contributed by atoms with Crippen molar-refractivity contribution in [3.8, 4) is 0 Å². The van der Waals surface area contributed by atoms with E-state index in [4.69, 9.17) is 10.2 Å². The molecule has 0 fully saturated rings. The van der Waals surface area contributed by atoms with Crippen LogP contribution in [0.2, 0.25) is 0 Å². The van der Waals surface area contributed by atoms with Crippen molar-refractivity contribution in [2.24, 2.45) is 5.73 Å². The number of nitrogens with two attached hydrogens (primary N) is 1. The first-order chi connectivity index (χ1) is 6.14. The molecule has 0 aromatic carbocycles. The number of alkyl halides is 2. The average Bonchev–Trinajstić information content (AvgIpc) is 2.53. The lowest BCUT2D eigenvalue weighted by Crippen LogP contribution is -2.45. The Hall–Kier alpha value is -0.900. The summed E-state index contributed by atoms with van der Waals surface area (Å²) in [6.07, 6.45) is 0.621. The van der Waals surface area contributed by atoms with Gasteiger partial charge in [-0.3, -0.25) is 0 Å². The third kappa shape index (κ3) is 1.16. The maximum Gasteiger partial charge on any atom is 0.260 e. The van der Waals surface area contributed by atoms with Gasteiger partial charge in [-0.1, -0.05) is 0 Å². The first-order valence-electron chi connectivity index (χ1n) is 4.28. The molecule has 0 bridgehead atoms. The van der Waals surface area contributed by atoms with Crippen molar-refractivity contribution < 1.29 is 13.2 Å². The lowest BCUT2D eigenvalue weighted by molar-refractivity contribution is 0.0399. The van der Waals surface area contributed by atoms with Crippen LogP contribution in [0.25, 0.3) is 0 Å². The predicted molar refractivity (Wildman–Crippen MR) is 43.5 cm³/mol. The van der Waals surface area contributed by atoms with Crippen LogP contribution >= 0.6 is 0 Å². The SMILES string of the molecule is NC1(C(F)F)CCCc2occc21. The Kier molecular flexibility index (Phi) is 1.87. The molecule has 0 spiro atoms. The van der Waals surface area contributed by atoms with E-state index in [2.05, 4.69) is 0 Å². The number of rotatable bonds is 1. The van der Waals surface area contributed by atoms with Gasteiger partial charge in [-0.15, -0.1) is 0 Å². The molecule has 1 heterocycles. The van der Waals surface area contributed by atoms with Gasteiger partial charge in [-0.2, -0.15) is 0 Å². The van der Waals surface area contributed by atoms with E-state index in [1.54, 1.807) is 6.07 Å². The molecule has 2 nitrogen and oxygen atoms in total. The normalized spacial score (nSPS) is 27.7. The van der Waals surface area contributed by atoms with Gasteiger partial charge in [0.1, 0.15) is 11.3 Å². The van der Waals surface area contributed by atoms with Crippen molar-refractivity contribution in [2.45, 2.75) is 31.2 Å². The van der Waals surface area contributed by atoms with E-state index in [9.17, 15) is 8.78 Å². The molecule has 0 saturated carbocycles. The van der Waals surface area contributed by atoms with Crippen LogP contribution in [-0.2, 0) is 12.0 Å². The highest BCUT2D eigenvalue weighted by atomic mass is 19.3. The van der Waals surface area contributed by atoms with Crippen LogP contribution in [0.3, 0.4) is 0 Å². The Morgan fingerprint density at radius 1 is 1.54 bits per heavy atom. The maximum absolute atomic E-state index is 12.7. The number of furan rings is 1. The molecule has 2 N–H and O–H groups in total. The third-order valence-corrected chi connectivity index (χ3v) is 2.63. The molecule has 1 aromatic heterocycles. The lowest BCUT2D eigenvalue weighted by atomic mass is 9.81. The summed E-state index contributed by atoms with van der Waals surface area (Å²) in [5.41, 5.74) is 4.64. The summed E-state index contributed by atoms with van der Waals surface area (Å²) in [5, 5.41) is 0. The topological polar surface area (TPSA) is 39.2 Å². The Morgan fingerprint density at radius 2 is 2.31 bits per heavy atom. The van der Waals surface area contributed by atoms with E-state index >= 15 is 0 Å². The van der Waals surface area contributed by atoms with E-state index in [-0.39, 0.29) is 0 Å². The number of halogens is 2. The number of fused-ring (bicyclic) bond motifs is 1. The second-order valence-corrected chi connectivity index (χ2v) is 3.45. The summed E-state index contributed by atoms with van der Waals surface area (Å²) >= 11 is 0.